The molecule has 1 amide bonds. The molecule has 108 valence electrons. The molecule has 3 heteroatoms. The van der Waals surface area contributed by atoms with E-state index < -0.39 is 0 Å². The van der Waals surface area contributed by atoms with E-state index in [9.17, 15) is 9.90 Å². The Morgan fingerprint density at radius 1 is 1.19 bits per heavy atom. The Morgan fingerprint density at radius 3 is 2.90 bits per heavy atom. The van der Waals surface area contributed by atoms with Gasteiger partial charge in [-0.3, -0.25) is 4.79 Å². The van der Waals surface area contributed by atoms with Crippen LogP contribution in [0.25, 0.3) is 0 Å². The summed E-state index contributed by atoms with van der Waals surface area (Å²) < 4.78 is 0. The highest BCUT2D eigenvalue weighted by atomic mass is 16.3. The second kappa shape index (κ2) is 6.00. The van der Waals surface area contributed by atoms with Crippen LogP contribution in [-0.4, -0.2) is 11.0 Å². The molecular formula is C18H19NO2. The summed E-state index contributed by atoms with van der Waals surface area (Å²) in [4.78, 5) is 12.2. The predicted octanol–water partition coefficient (Wildman–Crippen LogP) is 3.13. The Balaban J connectivity index is 1.68. The number of hydrogen-bond donors (Lipinski definition) is 2. The van der Waals surface area contributed by atoms with Crippen LogP contribution >= 0.6 is 0 Å². The lowest BCUT2D eigenvalue weighted by Gasteiger charge is -2.26. The fourth-order valence-corrected chi connectivity index (χ4v) is 3.00. The number of aromatic hydroxyl groups is 1. The van der Waals surface area contributed by atoms with Crippen molar-refractivity contribution < 1.29 is 9.90 Å². The molecular weight excluding hydrogens is 262 g/mol. The number of amides is 1. The first-order valence-electron chi connectivity index (χ1n) is 7.37. The van der Waals surface area contributed by atoms with E-state index in [1.165, 1.54) is 11.1 Å². The van der Waals surface area contributed by atoms with Gasteiger partial charge < -0.3 is 10.4 Å². The quantitative estimate of drug-likeness (QED) is 0.908. The minimum absolute atomic E-state index is 0.00213. The van der Waals surface area contributed by atoms with Gasteiger partial charge in [0.2, 0.25) is 5.91 Å². The smallest absolute Gasteiger partial charge is 0.224 e. The fraction of sp³-hybridized carbons (Fsp3) is 0.278. The van der Waals surface area contributed by atoms with Crippen molar-refractivity contribution in [2.75, 3.05) is 0 Å². The van der Waals surface area contributed by atoms with Gasteiger partial charge in [0, 0.05) is 0 Å². The minimum atomic E-state index is 0.00213. The van der Waals surface area contributed by atoms with E-state index in [1.54, 1.807) is 18.2 Å². The summed E-state index contributed by atoms with van der Waals surface area (Å²) in [6.07, 6.45) is 3.49. The Morgan fingerprint density at radius 2 is 2.05 bits per heavy atom. The second-order valence-corrected chi connectivity index (χ2v) is 5.56. The molecule has 0 bridgehead atoms. The predicted molar refractivity (Wildman–Crippen MR) is 82.1 cm³/mol. The van der Waals surface area contributed by atoms with E-state index in [0.29, 0.717) is 6.42 Å². The third-order valence-corrected chi connectivity index (χ3v) is 3.98. The van der Waals surface area contributed by atoms with Crippen molar-refractivity contribution in [2.24, 2.45) is 0 Å². The molecule has 2 aromatic carbocycles. The van der Waals surface area contributed by atoms with Crippen molar-refractivity contribution in [1.82, 2.24) is 5.32 Å². The summed E-state index contributed by atoms with van der Waals surface area (Å²) in [6.45, 7) is 0. The molecule has 21 heavy (non-hydrogen) atoms. The molecule has 0 spiro atoms. The molecule has 0 fully saturated rings. The third-order valence-electron chi connectivity index (χ3n) is 3.98. The second-order valence-electron chi connectivity index (χ2n) is 5.56. The van der Waals surface area contributed by atoms with Crippen molar-refractivity contribution in [1.29, 1.82) is 0 Å². The molecule has 2 aromatic rings. The number of carbonyl (C=O) groups excluding carboxylic acids is 1. The number of fused-ring (bicyclic) bond motifs is 1. The Bertz CT molecular complexity index is 651. The van der Waals surface area contributed by atoms with Crippen molar-refractivity contribution in [2.45, 2.75) is 31.7 Å². The summed E-state index contributed by atoms with van der Waals surface area (Å²) in [5.41, 5.74) is 3.41. The van der Waals surface area contributed by atoms with Gasteiger partial charge in [-0.15, -0.1) is 0 Å². The summed E-state index contributed by atoms with van der Waals surface area (Å²) in [6, 6.07) is 15.3. The first kappa shape index (κ1) is 13.7. The SMILES string of the molecule is O=C(Cc1cccc(O)c1)NC1CCCc2ccccc21. The minimum Gasteiger partial charge on any atom is -0.508 e. The zero-order chi connectivity index (χ0) is 14.7. The summed E-state index contributed by atoms with van der Waals surface area (Å²) in [7, 11) is 0. The molecule has 0 saturated carbocycles. The van der Waals surface area contributed by atoms with E-state index in [4.69, 9.17) is 0 Å². The number of rotatable bonds is 3. The van der Waals surface area contributed by atoms with E-state index in [2.05, 4.69) is 23.5 Å². The lowest BCUT2D eigenvalue weighted by molar-refractivity contribution is -0.121. The molecule has 3 rings (SSSR count). The molecule has 1 aliphatic carbocycles. The van der Waals surface area contributed by atoms with E-state index in [-0.39, 0.29) is 17.7 Å². The van der Waals surface area contributed by atoms with Gasteiger partial charge in [0.25, 0.3) is 0 Å². The van der Waals surface area contributed by atoms with Crippen LogP contribution < -0.4 is 5.32 Å². The van der Waals surface area contributed by atoms with Crippen LogP contribution in [0.4, 0.5) is 0 Å². The van der Waals surface area contributed by atoms with Gasteiger partial charge in [0.05, 0.1) is 12.5 Å². The van der Waals surface area contributed by atoms with Crippen LogP contribution in [0.1, 0.15) is 35.6 Å². The average molecular weight is 281 g/mol. The van der Waals surface area contributed by atoms with Crippen LogP contribution in [0.2, 0.25) is 0 Å². The van der Waals surface area contributed by atoms with E-state index in [1.807, 2.05) is 12.1 Å². The lowest BCUT2D eigenvalue weighted by Crippen LogP contribution is -2.32. The van der Waals surface area contributed by atoms with Gasteiger partial charge in [0.1, 0.15) is 5.75 Å². The molecule has 1 aliphatic rings. The van der Waals surface area contributed by atoms with Crippen molar-refractivity contribution >= 4 is 5.91 Å². The number of benzene rings is 2. The van der Waals surface area contributed by atoms with Crippen LogP contribution in [0.3, 0.4) is 0 Å². The Kier molecular flexibility index (Phi) is 3.91. The highest BCUT2D eigenvalue weighted by Gasteiger charge is 2.21. The molecule has 0 saturated heterocycles. The number of nitrogens with one attached hydrogen (secondary N) is 1. The van der Waals surface area contributed by atoms with Crippen LogP contribution in [-0.2, 0) is 17.6 Å². The Labute approximate surface area is 124 Å². The van der Waals surface area contributed by atoms with Crippen molar-refractivity contribution in [3.05, 3.63) is 65.2 Å². The topological polar surface area (TPSA) is 49.3 Å². The summed E-state index contributed by atoms with van der Waals surface area (Å²) in [5.74, 6) is 0.200. The molecule has 2 N–H and O–H groups in total. The number of aryl methyl sites for hydroxylation is 1. The molecule has 3 nitrogen and oxygen atoms in total. The number of hydrogen-bond acceptors (Lipinski definition) is 2. The van der Waals surface area contributed by atoms with Crippen LogP contribution in [0.15, 0.2) is 48.5 Å². The first-order chi connectivity index (χ1) is 10.2. The van der Waals surface area contributed by atoms with E-state index in [0.717, 1.165) is 24.8 Å². The summed E-state index contributed by atoms with van der Waals surface area (Å²) in [5, 5.41) is 12.6. The third kappa shape index (κ3) is 3.24. The monoisotopic (exact) mass is 281 g/mol. The molecule has 1 unspecified atom stereocenters. The zero-order valence-corrected chi connectivity index (χ0v) is 11.9. The fourth-order valence-electron chi connectivity index (χ4n) is 3.00. The van der Waals surface area contributed by atoms with Crippen LogP contribution in [0.5, 0.6) is 5.75 Å². The number of phenols is 1. The average Bonchev–Trinajstić information content (AvgIpc) is 2.47. The van der Waals surface area contributed by atoms with E-state index >= 15 is 0 Å². The Hall–Kier alpha value is -2.29. The summed E-state index contributed by atoms with van der Waals surface area (Å²) >= 11 is 0. The maximum Gasteiger partial charge on any atom is 0.224 e. The molecule has 0 aromatic heterocycles. The normalized spacial score (nSPS) is 17.0. The van der Waals surface area contributed by atoms with Crippen LogP contribution in [0, 0.1) is 0 Å². The highest BCUT2D eigenvalue weighted by Crippen LogP contribution is 2.29. The molecule has 0 radical (unpaired) electrons. The first-order valence-corrected chi connectivity index (χ1v) is 7.37. The van der Waals surface area contributed by atoms with Gasteiger partial charge >= 0.3 is 0 Å². The molecule has 1 atom stereocenters. The molecule has 0 aliphatic heterocycles. The van der Waals surface area contributed by atoms with Gasteiger partial charge in [-0.1, -0.05) is 36.4 Å². The van der Waals surface area contributed by atoms with Crippen molar-refractivity contribution in [3.8, 4) is 5.75 Å². The number of phenolic OH excluding ortho intramolecular Hbond substituents is 1. The van der Waals surface area contributed by atoms with Gasteiger partial charge in [-0.05, 0) is 48.1 Å². The van der Waals surface area contributed by atoms with Crippen molar-refractivity contribution in [3.63, 3.8) is 0 Å². The lowest BCUT2D eigenvalue weighted by atomic mass is 9.87. The number of carbonyl (C=O) groups is 1. The van der Waals surface area contributed by atoms with Gasteiger partial charge in [-0.2, -0.15) is 0 Å². The standard InChI is InChI=1S/C18H19NO2/c20-15-8-3-5-13(11-15)12-18(21)19-17-10-4-7-14-6-1-2-9-16(14)17/h1-3,5-6,8-9,11,17,20H,4,7,10,12H2,(H,19,21). The van der Waals surface area contributed by atoms with Gasteiger partial charge in [0.15, 0.2) is 0 Å². The molecule has 0 heterocycles. The van der Waals surface area contributed by atoms with Gasteiger partial charge in [-0.25, -0.2) is 0 Å². The maximum absolute atomic E-state index is 12.2. The maximum atomic E-state index is 12.2. The highest BCUT2D eigenvalue weighted by molar-refractivity contribution is 5.79. The zero-order valence-electron chi connectivity index (χ0n) is 11.9. The largest absolute Gasteiger partial charge is 0.508 e.